The standard InChI is InChI=1S/C14H18N2O5S2/c1-3-15-22(18,19)11-8-10-6-5-7-13(14(10)12(17)9-11)23(20,21)16-4-2/h5-9,15-17H,3-4H2,1-2H3. The van der Waals surface area contributed by atoms with E-state index in [1.165, 1.54) is 18.2 Å². The van der Waals surface area contributed by atoms with Crippen molar-refractivity contribution in [1.29, 1.82) is 0 Å². The Labute approximate surface area is 135 Å². The van der Waals surface area contributed by atoms with Gasteiger partial charge in [-0.3, -0.25) is 0 Å². The molecule has 0 aliphatic heterocycles. The van der Waals surface area contributed by atoms with Crippen molar-refractivity contribution in [3.05, 3.63) is 30.3 Å². The van der Waals surface area contributed by atoms with E-state index in [0.717, 1.165) is 6.07 Å². The Kier molecular flexibility index (Phi) is 4.95. The molecular weight excluding hydrogens is 340 g/mol. The van der Waals surface area contributed by atoms with Crippen LogP contribution in [0.5, 0.6) is 5.75 Å². The number of phenols is 1. The van der Waals surface area contributed by atoms with Gasteiger partial charge >= 0.3 is 0 Å². The topological polar surface area (TPSA) is 113 Å². The molecule has 9 heteroatoms. The predicted molar refractivity (Wildman–Crippen MR) is 87.3 cm³/mol. The summed E-state index contributed by atoms with van der Waals surface area (Å²) in [5.74, 6) is -0.406. The molecule has 2 aromatic carbocycles. The van der Waals surface area contributed by atoms with Gasteiger partial charge in [0.2, 0.25) is 20.0 Å². The fourth-order valence-corrected chi connectivity index (χ4v) is 4.64. The lowest BCUT2D eigenvalue weighted by molar-refractivity contribution is 0.478. The summed E-state index contributed by atoms with van der Waals surface area (Å²) in [5.41, 5.74) is 0. The highest BCUT2D eigenvalue weighted by molar-refractivity contribution is 7.90. The van der Waals surface area contributed by atoms with Crippen molar-refractivity contribution in [3.8, 4) is 5.75 Å². The minimum atomic E-state index is -3.79. The molecule has 3 N–H and O–H groups in total. The van der Waals surface area contributed by atoms with Gasteiger partial charge in [0.15, 0.2) is 0 Å². The van der Waals surface area contributed by atoms with E-state index in [4.69, 9.17) is 0 Å². The Hall–Kier alpha value is -1.68. The van der Waals surface area contributed by atoms with Gasteiger partial charge in [-0.05, 0) is 17.5 Å². The molecule has 0 saturated heterocycles. The molecule has 2 aromatic rings. The quantitative estimate of drug-likeness (QED) is 0.717. The first kappa shape index (κ1) is 17.7. The van der Waals surface area contributed by atoms with Crippen LogP contribution in [-0.2, 0) is 20.0 Å². The van der Waals surface area contributed by atoms with Crippen molar-refractivity contribution in [2.75, 3.05) is 13.1 Å². The third-order valence-electron chi connectivity index (χ3n) is 3.16. The molecule has 2 rings (SSSR count). The smallest absolute Gasteiger partial charge is 0.241 e. The molecule has 0 unspecified atom stereocenters. The van der Waals surface area contributed by atoms with Crippen molar-refractivity contribution in [2.24, 2.45) is 0 Å². The summed E-state index contributed by atoms with van der Waals surface area (Å²) < 4.78 is 53.3. The van der Waals surface area contributed by atoms with Gasteiger partial charge in [0.25, 0.3) is 0 Å². The molecule has 0 aromatic heterocycles. The number of aromatic hydroxyl groups is 1. The van der Waals surface area contributed by atoms with Gasteiger partial charge in [-0.15, -0.1) is 0 Å². The van der Waals surface area contributed by atoms with Crippen LogP contribution in [0.4, 0.5) is 0 Å². The second-order valence-corrected chi connectivity index (χ2v) is 8.30. The van der Waals surface area contributed by atoms with Crippen molar-refractivity contribution in [3.63, 3.8) is 0 Å². The molecule has 0 amide bonds. The number of benzene rings is 2. The van der Waals surface area contributed by atoms with Gasteiger partial charge in [0.1, 0.15) is 5.75 Å². The Morgan fingerprint density at radius 3 is 2.17 bits per heavy atom. The highest BCUT2D eigenvalue weighted by atomic mass is 32.2. The lowest BCUT2D eigenvalue weighted by Gasteiger charge is -2.12. The average Bonchev–Trinajstić information content (AvgIpc) is 2.46. The van der Waals surface area contributed by atoms with Gasteiger partial charge in [-0.1, -0.05) is 26.0 Å². The Morgan fingerprint density at radius 1 is 0.957 bits per heavy atom. The monoisotopic (exact) mass is 358 g/mol. The van der Waals surface area contributed by atoms with E-state index in [1.807, 2.05) is 0 Å². The zero-order valence-electron chi connectivity index (χ0n) is 12.7. The molecule has 0 atom stereocenters. The summed E-state index contributed by atoms with van der Waals surface area (Å²) in [4.78, 5) is -0.218. The molecule has 0 fully saturated rings. The van der Waals surface area contributed by atoms with Crippen molar-refractivity contribution in [1.82, 2.24) is 9.44 Å². The molecule has 23 heavy (non-hydrogen) atoms. The Bertz CT molecular complexity index is 937. The largest absolute Gasteiger partial charge is 0.507 e. The second-order valence-electron chi connectivity index (χ2n) is 4.80. The minimum absolute atomic E-state index is 0.0869. The fourth-order valence-electron chi connectivity index (χ4n) is 2.26. The normalized spacial score (nSPS) is 12.6. The fraction of sp³-hybridized carbons (Fsp3) is 0.286. The van der Waals surface area contributed by atoms with Gasteiger partial charge in [0.05, 0.1) is 9.79 Å². The summed E-state index contributed by atoms with van der Waals surface area (Å²) in [7, 11) is -7.55. The summed E-state index contributed by atoms with van der Waals surface area (Å²) in [5, 5.41) is 10.6. The van der Waals surface area contributed by atoms with Crippen LogP contribution in [0.2, 0.25) is 0 Å². The van der Waals surface area contributed by atoms with Crippen LogP contribution >= 0.6 is 0 Å². The molecule has 126 valence electrons. The molecule has 0 radical (unpaired) electrons. The second kappa shape index (κ2) is 6.44. The molecule has 0 bridgehead atoms. The van der Waals surface area contributed by atoms with Crippen LogP contribution in [0, 0.1) is 0 Å². The van der Waals surface area contributed by atoms with Crippen LogP contribution in [0.15, 0.2) is 40.1 Å². The molecule has 0 heterocycles. The van der Waals surface area contributed by atoms with E-state index in [1.54, 1.807) is 19.9 Å². The van der Waals surface area contributed by atoms with E-state index < -0.39 is 25.8 Å². The average molecular weight is 358 g/mol. The maximum atomic E-state index is 12.2. The van der Waals surface area contributed by atoms with Crippen molar-refractivity contribution in [2.45, 2.75) is 23.6 Å². The van der Waals surface area contributed by atoms with Gasteiger partial charge in [-0.2, -0.15) is 0 Å². The van der Waals surface area contributed by atoms with E-state index in [2.05, 4.69) is 9.44 Å². The maximum Gasteiger partial charge on any atom is 0.241 e. The molecule has 7 nitrogen and oxygen atoms in total. The number of hydrogen-bond donors (Lipinski definition) is 3. The third-order valence-corrected chi connectivity index (χ3v) is 6.27. The zero-order chi connectivity index (χ0) is 17.3. The first-order valence-electron chi connectivity index (χ1n) is 6.98. The van der Waals surface area contributed by atoms with E-state index in [0.29, 0.717) is 5.39 Å². The molecule has 0 aliphatic carbocycles. The summed E-state index contributed by atoms with van der Waals surface area (Å²) in [6.07, 6.45) is 0. The highest BCUT2D eigenvalue weighted by Crippen LogP contribution is 2.33. The molecule has 0 aliphatic rings. The number of sulfonamides is 2. The van der Waals surface area contributed by atoms with Crippen LogP contribution in [0.25, 0.3) is 10.8 Å². The summed E-state index contributed by atoms with van der Waals surface area (Å²) in [6, 6.07) is 6.78. The van der Waals surface area contributed by atoms with E-state index >= 15 is 0 Å². The molecular formula is C14H18N2O5S2. The van der Waals surface area contributed by atoms with E-state index in [-0.39, 0.29) is 28.3 Å². The van der Waals surface area contributed by atoms with Gasteiger partial charge in [0, 0.05) is 24.5 Å². The summed E-state index contributed by atoms with van der Waals surface area (Å²) >= 11 is 0. The lowest BCUT2D eigenvalue weighted by atomic mass is 10.1. The Morgan fingerprint density at radius 2 is 1.57 bits per heavy atom. The third kappa shape index (κ3) is 3.47. The minimum Gasteiger partial charge on any atom is -0.507 e. The van der Waals surface area contributed by atoms with E-state index in [9.17, 15) is 21.9 Å². The Balaban J connectivity index is 2.75. The number of rotatable bonds is 6. The SMILES string of the molecule is CCNS(=O)(=O)c1cc(O)c2c(S(=O)(=O)NCC)cccc2c1. The zero-order valence-corrected chi connectivity index (χ0v) is 14.3. The number of fused-ring (bicyclic) bond motifs is 1. The van der Waals surface area contributed by atoms with Gasteiger partial charge < -0.3 is 5.11 Å². The first-order chi connectivity index (χ1) is 10.7. The van der Waals surface area contributed by atoms with Crippen LogP contribution in [0.1, 0.15) is 13.8 Å². The number of hydrogen-bond acceptors (Lipinski definition) is 5. The van der Waals surface area contributed by atoms with Crippen LogP contribution < -0.4 is 9.44 Å². The van der Waals surface area contributed by atoms with Crippen molar-refractivity contribution < 1.29 is 21.9 Å². The summed E-state index contributed by atoms with van der Waals surface area (Å²) in [6.45, 7) is 3.69. The number of phenolic OH excluding ortho intramolecular Hbond substituents is 1. The van der Waals surface area contributed by atoms with Gasteiger partial charge in [-0.25, -0.2) is 26.3 Å². The predicted octanol–water partition coefficient (Wildman–Crippen LogP) is 1.14. The maximum absolute atomic E-state index is 12.2. The first-order valence-corrected chi connectivity index (χ1v) is 9.94. The van der Waals surface area contributed by atoms with Crippen LogP contribution in [-0.4, -0.2) is 35.0 Å². The lowest BCUT2D eigenvalue weighted by Crippen LogP contribution is -2.24. The molecule has 0 saturated carbocycles. The van der Waals surface area contributed by atoms with Crippen molar-refractivity contribution >= 4 is 30.8 Å². The molecule has 0 spiro atoms. The number of nitrogens with one attached hydrogen (secondary N) is 2. The van der Waals surface area contributed by atoms with Crippen LogP contribution in [0.3, 0.4) is 0 Å². The highest BCUT2D eigenvalue weighted by Gasteiger charge is 2.21.